The second kappa shape index (κ2) is 4.20. The lowest BCUT2D eigenvalue weighted by Crippen LogP contribution is -2.04. The van der Waals surface area contributed by atoms with Crippen LogP contribution in [-0.2, 0) is 6.18 Å². The number of rotatable bonds is 1. The maximum atomic E-state index is 12.5. The second-order valence-electron chi connectivity index (χ2n) is 3.44. The summed E-state index contributed by atoms with van der Waals surface area (Å²) in [4.78, 5) is 13.7. The first-order chi connectivity index (χ1) is 8.30. The summed E-state index contributed by atoms with van der Waals surface area (Å²) >= 11 is 2.93. The van der Waals surface area contributed by atoms with E-state index in [0.717, 1.165) is 18.3 Å². The predicted octanol–water partition coefficient (Wildman–Crippen LogP) is 3.92. The van der Waals surface area contributed by atoms with Crippen LogP contribution in [0.1, 0.15) is 5.56 Å². The lowest BCUT2D eigenvalue weighted by Gasteiger charge is -2.08. The van der Waals surface area contributed by atoms with Crippen molar-refractivity contribution in [1.82, 2.24) is 4.98 Å². The van der Waals surface area contributed by atoms with Gasteiger partial charge in [-0.2, -0.15) is 13.2 Å². The molecule has 94 valence electrons. The second-order valence-corrected chi connectivity index (χ2v) is 4.24. The van der Waals surface area contributed by atoms with Gasteiger partial charge in [-0.25, -0.2) is 4.98 Å². The van der Waals surface area contributed by atoms with Crippen molar-refractivity contribution in [2.24, 2.45) is 0 Å². The van der Waals surface area contributed by atoms with E-state index in [-0.39, 0.29) is 21.1 Å². The standard InChI is InChI=1S/C10H4BrF3N2O2/c11-9-6-3-5(10(12,13)14)1-2-7(6)15-4-8(9)16(17)18/h1-4H. The van der Waals surface area contributed by atoms with E-state index >= 15 is 0 Å². The molecule has 0 atom stereocenters. The van der Waals surface area contributed by atoms with E-state index in [9.17, 15) is 23.3 Å². The van der Waals surface area contributed by atoms with Gasteiger partial charge in [-0.1, -0.05) is 0 Å². The molecule has 0 saturated carbocycles. The maximum Gasteiger partial charge on any atom is 0.416 e. The lowest BCUT2D eigenvalue weighted by atomic mass is 10.1. The number of hydrogen-bond donors (Lipinski definition) is 0. The number of pyridine rings is 1. The van der Waals surface area contributed by atoms with Crippen molar-refractivity contribution in [2.45, 2.75) is 6.18 Å². The molecule has 8 heteroatoms. The molecule has 0 bridgehead atoms. The highest BCUT2D eigenvalue weighted by Crippen LogP contribution is 2.36. The van der Waals surface area contributed by atoms with Gasteiger partial charge in [-0.05, 0) is 34.1 Å². The zero-order valence-electron chi connectivity index (χ0n) is 8.53. The summed E-state index contributed by atoms with van der Waals surface area (Å²) in [6.07, 6.45) is -3.50. The highest BCUT2D eigenvalue weighted by atomic mass is 79.9. The van der Waals surface area contributed by atoms with E-state index in [1.165, 1.54) is 6.07 Å². The Morgan fingerprint density at radius 3 is 2.56 bits per heavy atom. The summed E-state index contributed by atoms with van der Waals surface area (Å²) in [5.74, 6) is 0. The Labute approximate surface area is 107 Å². The first-order valence-corrected chi connectivity index (χ1v) is 5.40. The molecule has 2 rings (SSSR count). The zero-order chi connectivity index (χ0) is 13.5. The van der Waals surface area contributed by atoms with Crippen molar-refractivity contribution < 1.29 is 18.1 Å². The lowest BCUT2D eigenvalue weighted by molar-refractivity contribution is -0.385. The van der Waals surface area contributed by atoms with Gasteiger partial charge >= 0.3 is 11.9 Å². The van der Waals surface area contributed by atoms with Crippen LogP contribution in [0.4, 0.5) is 18.9 Å². The third-order valence-electron chi connectivity index (χ3n) is 2.31. The number of hydrogen-bond acceptors (Lipinski definition) is 3. The first kappa shape index (κ1) is 12.7. The normalized spacial score (nSPS) is 11.8. The van der Waals surface area contributed by atoms with E-state index in [2.05, 4.69) is 20.9 Å². The molecule has 1 heterocycles. The van der Waals surface area contributed by atoms with Gasteiger partial charge in [0.25, 0.3) is 0 Å². The van der Waals surface area contributed by atoms with Crippen molar-refractivity contribution >= 4 is 32.5 Å². The molecule has 0 N–H and O–H groups in total. The molecule has 0 radical (unpaired) electrons. The monoisotopic (exact) mass is 320 g/mol. The summed E-state index contributed by atoms with van der Waals surface area (Å²) < 4.78 is 37.6. The van der Waals surface area contributed by atoms with Crippen LogP contribution in [0.3, 0.4) is 0 Å². The average Bonchev–Trinajstić information content (AvgIpc) is 2.27. The number of nitrogens with zero attached hydrogens (tertiary/aromatic N) is 2. The minimum Gasteiger partial charge on any atom is -0.258 e. The van der Waals surface area contributed by atoms with Gasteiger partial charge in [-0.3, -0.25) is 10.1 Å². The Balaban J connectivity index is 2.75. The molecule has 0 aliphatic heterocycles. The van der Waals surface area contributed by atoms with Gasteiger partial charge in [0.1, 0.15) is 10.7 Å². The fourth-order valence-corrected chi connectivity index (χ4v) is 2.02. The van der Waals surface area contributed by atoms with Crippen LogP contribution in [-0.4, -0.2) is 9.91 Å². The summed E-state index contributed by atoms with van der Waals surface area (Å²) in [6, 6.07) is 2.89. The quantitative estimate of drug-likeness (QED) is 0.591. The largest absolute Gasteiger partial charge is 0.416 e. The summed E-state index contributed by atoms with van der Waals surface area (Å²) in [7, 11) is 0. The Kier molecular flexibility index (Phi) is 2.97. The molecule has 0 spiro atoms. The van der Waals surface area contributed by atoms with E-state index in [1.54, 1.807) is 0 Å². The van der Waals surface area contributed by atoms with Gasteiger partial charge in [-0.15, -0.1) is 0 Å². The van der Waals surface area contributed by atoms with Crippen LogP contribution >= 0.6 is 15.9 Å². The average molecular weight is 321 g/mol. The van der Waals surface area contributed by atoms with Crippen molar-refractivity contribution in [3.8, 4) is 0 Å². The fourth-order valence-electron chi connectivity index (χ4n) is 1.45. The van der Waals surface area contributed by atoms with E-state index < -0.39 is 16.7 Å². The SMILES string of the molecule is O=[N+]([O-])c1cnc2ccc(C(F)(F)F)cc2c1Br. The Morgan fingerprint density at radius 1 is 1.33 bits per heavy atom. The molecule has 4 nitrogen and oxygen atoms in total. The molecule has 0 saturated heterocycles. The number of aromatic nitrogens is 1. The molecule has 1 aromatic heterocycles. The van der Waals surface area contributed by atoms with E-state index in [1.807, 2.05) is 0 Å². The zero-order valence-corrected chi connectivity index (χ0v) is 10.1. The van der Waals surface area contributed by atoms with Crippen LogP contribution in [0.25, 0.3) is 10.9 Å². The van der Waals surface area contributed by atoms with Gasteiger partial charge in [0.05, 0.1) is 16.0 Å². The smallest absolute Gasteiger partial charge is 0.258 e. The summed E-state index contributed by atoms with van der Waals surface area (Å²) in [5, 5.41) is 10.7. The number of halogens is 4. The van der Waals surface area contributed by atoms with Crippen LogP contribution in [0.2, 0.25) is 0 Å². The third kappa shape index (κ3) is 2.15. The van der Waals surface area contributed by atoms with Gasteiger partial charge in [0.15, 0.2) is 0 Å². The minimum atomic E-state index is -4.50. The fraction of sp³-hybridized carbons (Fsp3) is 0.100. The molecular weight excluding hydrogens is 317 g/mol. The summed E-state index contributed by atoms with van der Waals surface area (Å²) in [6.45, 7) is 0. The topological polar surface area (TPSA) is 56.0 Å². The van der Waals surface area contributed by atoms with Gasteiger partial charge < -0.3 is 0 Å². The molecule has 0 fully saturated rings. The van der Waals surface area contributed by atoms with Gasteiger partial charge in [0, 0.05) is 5.39 Å². The highest BCUT2D eigenvalue weighted by Gasteiger charge is 2.31. The Hall–Kier alpha value is -1.70. The van der Waals surface area contributed by atoms with Crippen molar-refractivity contribution in [3.63, 3.8) is 0 Å². The maximum absolute atomic E-state index is 12.5. The molecule has 18 heavy (non-hydrogen) atoms. The van der Waals surface area contributed by atoms with Crippen molar-refractivity contribution in [3.05, 3.63) is 44.5 Å². The number of fused-ring (bicyclic) bond motifs is 1. The molecule has 0 aliphatic carbocycles. The predicted molar refractivity (Wildman–Crippen MR) is 61.1 cm³/mol. The molecule has 0 unspecified atom stereocenters. The Morgan fingerprint density at radius 2 is 2.00 bits per heavy atom. The summed E-state index contributed by atoms with van der Waals surface area (Å²) in [5.41, 5.74) is -1.000. The minimum absolute atomic E-state index is 0.0106. The van der Waals surface area contributed by atoms with Crippen molar-refractivity contribution in [2.75, 3.05) is 0 Å². The van der Waals surface area contributed by atoms with Crippen LogP contribution in [0.15, 0.2) is 28.9 Å². The van der Waals surface area contributed by atoms with E-state index in [0.29, 0.717) is 0 Å². The highest BCUT2D eigenvalue weighted by molar-refractivity contribution is 9.10. The first-order valence-electron chi connectivity index (χ1n) is 4.60. The van der Waals surface area contributed by atoms with Crippen LogP contribution < -0.4 is 0 Å². The molecular formula is C10H4BrF3N2O2. The van der Waals surface area contributed by atoms with Crippen LogP contribution in [0, 0.1) is 10.1 Å². The molecule has 2 aromatic rings. The Bertz CT molecular complexity index is 643. The molecule has 0 aliphatic rings. The number of nitro groups is 1. The third-order valence-corrected chi connectivity index (χ3v) is 3.14. The number of benzene rings is 1. The molecule has 0 amide bonds. The number of alkyl halides is 3. The van der Waals surface area contributed by atoms with Crippen LogP contribution in [0.5, 0.6) is 0 Å². The van der Waals surface area contributed by atoms with Crippen molar-refractivity contribution in [1.29, 1.82) is 0 Å². The molecule has 1 aromatic carbocycles. The van der Waals surface area contributed by atoms with E-state index in [4.69, 9.17) is 0 Å². The van der Waals surface area contributed by atoms with Gasteiger partial charge in [0.2, 0.25) is 0 Å².